The minimum absolute atomic E-state index is 0.0880. The summed E-state index contributed by atoms with van der Waals surface area (Å²) in [6.45, 7) is 4.55. The molecule has 0 bridgehead atoms. The predicted molar refractivity (Wildman–Crippen MR) is 129 cm³/mol. The maximum absolute atomic E-state index is 13.1. The number of nitrogens with one attached hydrogen (secondary N) is 2. The molecule has 0 aliphatic heterocycles. The number of benzene rings is 1. The maximum atomic E-state index is 13.1. The zero-order valence-electron chi connectivity index (χ0n) is 18.1. The Morgan fingerprint density at radius 1 is 1.16 bits per heavy atom. The van der Waals surface area contributed by atoms with E-state index in [4.69, 9.17) is 0 Å². The number of para-hydroxylation sites is 1. The van der Waals surface area contributed by atoms with E-state index in [1.54, 1.807) is 11.3 Å². The van der Waals surface area contributed by atoms with Crippen molar-refractivity contribution in [2.24, 2.45) is 0 Å². The highest BCUT2D eigenvalue weighted by Crippen LogP contribution is 2.29. The second kappa shape index (κ2) is 8.27. The number of amides is 1. The standard InChI is InChI=1S/C24H25N5O2S/c1-3-16-11-19-21(32-16)12-20-24(31)28(27-22(4-2)29(19)20)14-23(30)25-10-9-15-13-26-18-8-6-5-7-17(15)18/h5-8,11-13,26H,3-4,9-10,14H2,1-2H3,(H,25,30). The van der Waals surface area contributed by atoms with Gasteiger partial charge in [0.1, 0.15) is 17.9 Å². The fraction of sp³-hybridized carbons (Fsp3) is 0.292. The molecule has 0 radical (unpaired) electrons. The number of aromatic amines is 1. The molecule has 5 rings (SSSR count). The summed E-state index contributed by atoms with van der Waals surface area (Å²) >= 11 is 1.70. The third kappa shape index (κ3) is 3.50. The van der Waals surface area contributed by atoms with Gasteiger partial charge in [0.25, 0.3) is 5.56 Å². The van der Waals surface area contributed by atoms with Gasteiger partial charge >= 0.3 is 0 Å². The minimum atomic E-state index is -0.240. The number of carbonyl (C=O) groups is 1. The molecule has 4 heterocycles. The van der Waals surface area contributed by atoms with Crippen LogP contribution in [-0.4, -0.2) is 31.6 Å². The lowest BCUT2D eigenvalue weighted by atomic mass is 10.1. The number of carbonyl (C=O) groups excluding carboxylic acids is 1. The first-order valence-corrected chi connectivity index (χ1v) is 11.8. The summed E-state index contributed by atoms with van der Waals surface area (Å²) in [7, 11) is 0. The molecule has 5 aromatic rings. The van der Waals surface area contributed by atoms with Gasteiger partial charge in [-0.3, -0.25) is 14.0 Å². The van der Waals surface area contributed by atoms with Crippen LogP contribution in [0.1, 0.15) is 30.1 Å². The first-order valence-electron chi connectivity index (χ1n) is 10.9. The third-order valence-electron chi connectivity index (χ3n) is 5.84. The summed E-state index contributed by atoms with van der Waals surface area (Å²) in [6.07, 6.45) is 4.32. The van der Waals surface area contributed by atoms with Crippen molar-refractivity contribution in [1.82, 2.24) is 24.5 Å². The quantitative estimate of drug-likeness (QED) is 0.399. The van der Waals surface area contributed by atoms with Crippen molar-refractivity contribution in [3.63, 3.8) is 0 Å². The number of fused-ring (bicyclic) bond motifs is 4. The lowest BCUT2D eigenvalue weighted by molar-refractivity contribution is -0.121. The fourth-order valence-electron chi connectivity index (χ4n) is 4.22. The van der Waals surface area contributed by atoms with E-state index in [2.05, 4.69) is 34.5 Å². The summed E-state index contributed by atoms with van der Waals surface area (Å²) in [5.41, 5.74) is 3.61. The number of thiophene rings is 1. The van der Waals surface area contributed by atoms with Crippen molar-refractivity contribution in [2.75, 3.05) is 6.54 Å². The molecule has 0 fully saturated rings. The molecule has 0 unspecified atom stereocenters. The van der Waals surface area contributed by atoms with Gasteiger partial charge in [-0.1, -0.05) is 32.0 Å². The van der Waals surface area contributed by atoms with E-state index in [1.807, 2.05) is 41.8 Å². The highest BCUT2D eigenvalue weighted by molar-refractivity contribution is 7.19. The first kappa shape index (κ1) is 20.5. The van der Waals surface area contributed by atoms with Gasteiger partial charge in [-0.15, -0.1) is 11.3 Å². The lowest BCUT2D eigenvalue weighted by Gasteiger charge is -2.10. The Kier molecular flexibility index (Phi) is 5.30. The Balaban J connectivity index is 1.34. The molecule has 164 valence electrons. The van der Waals surface area contributed by atoms with E-state index in [1.165, 1.54) is 9.56 Å². The van der Waals surface area contributed by atoms with Gasteiger partial charge in [0, 0.05) is 34.9 Å². The van der Waals surface area contributed by atoms with Gasteiger partial charge in [-0.2, -0.15) is 5.10 Å². The van der Waals surface area contributed by atoms with E-state index < -0.39 is 0 Å². The van der Waals surface area contributed by atoms with Crippen molar-refractivity contribution in [2.45, 2.75) is 39.7 Å². The molecule has 0 saturated carbocycles. The van der Waals surface area contributed by atoms with Crippen LogP contribution in [0.25, 0.3) is 26.6 Å². The second-order valence-electron chi connectivity index (χ2n) is 7.87. The summed E-state index contributed by atoms with van der Waals surface area (Å²) in [5.74, 6) is 0.564. The smallest absolute Gasteiger partial charge is 0.291 e. The van der Waals surface area contributed by atoms with Crippen LogP contribution >= 0.6 is 11.3 Å². The number of nitrogens with zero attached hydrogens (tertiary/aromatic N) is 3. The number of aromatic nitrogens is 4. The van der Waals surface area contributed by atoms with Crippen molar-refractivity contribution in [1.29, 1.82) is 0 Å². The van der Waals surface area contributed by atoms with Gasteiger partial charge in [0.05, 0.1) is 10.2 Å². The van der Waals surface area contributed by atoms with Crippen LogP contribution < -0.4 is 10.9 Å². The summed E-state index contributed by atoms with van der Waals surface area (Å²) in [4.78, 5) is 30.2. The zero-order chi connectivity index (χ0) is 22.2. The van der Waals surface area contributed by atoms with Crippen LogP contribution in [0.3, 0.4) is 0 Å². The van der Waals surface area contributed by atoms with E-state index in [0.717, 1.165) is 38.9 Å². The summed E-state index contributed by atoms with van der Waals surface area (Å²) in [6, 6.07) is 12.2. The van der Waals surface area contributed by atoms with E-state index in [-0.39, 0.29) is 18.0 Å². The van der Waals surface area contributed by atoms with Crippen molar-refractivity contribution >= 4 is 43.9 Å². The fourth-order valence-corrected chi connectivity index (χ4v) is 5.24. The van der Waals surface area contributed by atoms with Gasteiger partial charge in [-0.05, 0) is 36.6 Å². The highest BCUT2D eigenvalue weighted by atomic mass is 32.1. The Labute approximate surface area is 188 Å². The number of aryl methyl sites for hydroxylation is 2. The summed E-state index contributed by atoms with van der Waals surface area (Å²) < 4.78 is 4.31. The Hall–Kier alpha value is -3.39. The van der Waals surface area contributed by atoms with E-state index >= 15 is 0 Å². The predicted octanol–water partition coefficient (Wildman–Crippen LogP) is 3.68. The molecule has 0 aliphatic rings. The Morgan fingerprint density at radius 2 is 2.00 bits per heavy atom. The van der Waals surface area contributed by atoms with E-state index in [9.17, 15) is 9.59 Å². The van der Waals surface area contributed by atoms with E-state index in [0.29, 0.717) is 24.9 Å². The number of rotatable bonds is 7. The largest absolute Gasteiger partial charge is 0.361 e. The monoisotopic (exact) mass is 447 g/mol. The van der Waals surface area contributed by atoms with Crippen LogP contribution in [0.15, 0.2) is 47.4 Å². The van der Waals surface area contributed by atoms with Crippen LogP contribution in [0.4, 0.5) is 0 Å². The average molecular weight is 448 g/mol. The summed E-state index contributed by atoms with van der Waals surface area (Å²) in [5, 5.41) is 8.61. The van der Waals surface area contributed by atoms with Crippen LogP contribution in [0.5, 0.6) is 0 Å². The van der Waals surface area contributed by atoms with Gasteiger partial charge < -0.3 is 10.3 Å². The first-order chi connectivity index (χ1) is 15.6. The molecule has 4 aromatic heterocycles. The molecular weight excluding hydrogens is 422 g/mol. The van der Waals surface area contributed by atoms with Crippen molar-refractivity contribution in [3.05, 3.63) is 69.2 Å². The molecule has 0 saturated heterocycles. The Bertz CT molecular complexity index is 1500. The minimum Gasteiger partial charge on any atom is -0.361 e. The Morgan fingerprint density at radius 3 is 2.81 bits per heavy atom. The highest BCUT2D eigenvalue weighted by Gasteiger charge is 2.17. The van der Waals surface area contributed by atoms with Crippen LogP contribution in [0, 0.1) is 0 Å². The average Bonchev–Trinajstić information content (AvgIpc) is 3.49. The molecular formula is C24H25N5O2S. The van der Waals surface area contributed by atoms with Gasteiger partial charge in [0.2, 0.25) is 5.91 Å². The van der Waals surface area contributed by atoms with Gasteiger partial charge in [-0.25, -0.2) is 4.68 Å². The van der Waals surface area contributed by atoms with Crippen LogP contribution in [-0.2, 0) is 30.6 Å². The SMILES string of the molecule is CCc1cc2c(cc3c(=O)n(CC(=O)NCCc4c[nH]c5ccccc45)nc(CC)n32)s1. The topological polar surface area (TPSA) is 84.2 Å². The molecule has 0 atom stereocenters. The number of hydrogen-bond donors (Lipinski definition) is 2. The molecule has 1 amide bonds. The van der Waals surface area contributed by atoms with Crippen LogP contribution in [0.2, 0.25) is 0 Å². The van der Waals surface area contributed by atoms with Crippen molar-refractivity contribution < 1.29 is 4.79 Å². The normalized spacial score (nSPS) is 11.7. The number of hydrogen-bond acceptors (Lipinski definition) is 4. The zero-order valence-corrected chi connectivity index (χ0v) is 19.0. The number of H-pyrrole nitrogens is 1. The molecule has 0 spiro atoms. The molecule has 1 aromatic carbocycles. The molecule has 0 aliphatic carbocycles. The molecule has 32 heavy (non-hydrogen) atoms. The van der Waals surface area contributed by atoms with Gasteiger partial charge in [0.15, 0.2) is 0 Å². The lowest BCUT2D eigenvalue weighted by Crippen LogP contribution is -2.36. The second-order valence-corrected chi connectivity index (χ2v) is 9.04. The molecule has 7 nitrogen and oxygen atoms in total. The third-order valence-corrected chi connectivity index (χ3v) is 7.05. The molecule has 8 heteroatoms. The maximum Gasteiger partial charge on any atom is 0.291 e. The molecule has 2 N–H and O–H groups in total. The van der Waals surface area contributed by atoms with Crippen molar-refractivity contribution in [3.8, 4) is 0 Å².